The lowest BCUT2D eigenvalue weighted by Crippen LogP contribution is -2.49. The Kier molecular flexibility index (Phi) is 5.53. The Balaban J connectivity index is 1.48. The van der Waals surface area contributed by atoms with Crippen molar-refractivity contribution in [3.8, 4) is 5.75 Å². The molecule has 0 unspecified atom stereocenters. The lowest BCUT2D eigenvalue weighted by atomic mass is 10.2. The van der Waals surface area contributed by atoms with Crippen LogP contribution in [0, 0.1) is 0 Å². The number of carbonyl (C=O) groups excluding carboxylic acids is 1. The monoisotopic (exact) mass is 362 g/mol. The first kappa shape index (κ1) is 17.0. The number of anilines is 1. The molecule has 126 valence electrons. The molecule has 1 aliphatic heterocycles. The van der Waals surface area contributed by atoms with Crippen molar-refractivity contribution in [3.05, 3.63) is 53.6 Å². The molecule has 0 radical (unpaired) electrons. The Morgan fingerprint density at radius 1 is 1.00 bits per heavy atom. The number of benzene rings is 2. The molecular formula is C18H19ClN2O2S. The Morgan fingerprint density at radius 2 is 1.62 bits per heavy atom. The maximum atomic E-state index is 12.4. The molecule has 2 aromatic rings. The van der Waals surface area contributed by atoms with Crippen LogP contribution in [-0.2, 0) is 4.79 Å². The van der Waals surface area contributed by atoms with Crippen molar-refractivity contribution in [2.24, 2.45) is 0 Å². The molecule has 0 aromatic heterocycles. The van der Waals surface area contributed by atoms with Crippen LogP contribution < -0.4 is 4.90 Å². The largest absolute Gasteiger partial charge is 0.508 e. The van der Waals surface area contributed by atoms with Gasteiger partial charge in [-0.1, -0.05) is 11.6 Å². The molecule has 1 heterocycles. The molecular weight excluding hydrogens is 344 g/mol. The van der Waals surface area contributed by atoms with E-state index in [1.807, 2.05) is 41.3 Å². The summed E-state index contributed by atoms with van der Waals surface area (Å²) in [5.74, 6) is 0.882. The van der Waals surface area contributed by atoms with Crippen molar-refractivity contribution in [3.63, 3.8) is 0 Å². The molecule has 1 N–H and O–H groups in total. The second kappa shape index (κ2) is 7.81. The van der Waals surface area contributed by atoms with Crippen LogP contribution in [0.25, 0.3) is 0 Å². The Hall–Kier alpha value is -1.85. The third-order valence-corrected chi connectivity index (χ3v) is 5.27. The van der Waals surface area contributed by atoms with Gasteiger partial charge >= 0.3 is 0 Å². The second-order valence-corrected chi connectivity index (χ2v) is 7.11. The predicted molar refractivity (Wildman–Crippen MR) is 99.1 cm³/mol. The average molecular weight is 363 g/mol. The molecule has 0 bridgehead atoms. The van der Waals surface area contributed by atoms with Gasteiger partial charge in [-0.05, 0) is 48.5 Å². The van der Waals surface area contributed by atoms with E-state index in [0.717, 1.165) is 36.8 Å². The minimum absolute atomic E-state index is 0.167. The fourth-order valence-corrected chi connectivity index (χ4v) is 3.57. The number of halogens is 1. The van der Waals surface area contributed by atoms with E-state index in [4.69, 9.17) is 11.6 Å². The number of amides is 1. The van der Waals surface area contributed by atoms with Crippen molar-refractivity contribution in [1.82, 2.24) is 4.90 Å². The van der Waals surface area contributed by atoms with Crippen molar-refractivity contribution in [1.29, 1.82) is 0 Å². The summed E-state index contributed by atoms with van der Waals surface area (Å²) >= 11 is 7.40. The second-order valence-electron chi connectivity index (χ2n) is 5.63. The van der Waals surface area contributed by atoms with E-state index in [0.29, 0.717) is 10.8 Å². The van der Waals surface area contributed by atoms with Gasteiger partial charge in [0, 0.05) is 41.8 Å². The third-order valence-electron chi connectivity index (χ3n) is 4.02. The maximum Gasteiger partial charge on any atom is 0.233 e. The van der Waals surface area contributed by atoms with Gasteiger partial charge in [-0.2, -0.15) is 0 Å². The zero-order chi connectivity index (χ0) is 16.9. The average Bonchev–Trinajstić information content (AvgIpc) is 2.62. The van der Waals surface area contributed by atoms with E-state index in [-0.39, 0.29) is 11.7 Å². The number of carbonyl (C=O) groups is 1. The first-order chi connectivity index (χ1) is 11.6. The van der Waals surface area contributed by atoms with Gasteiger partial charge in [-0.25, -0.2) is 0 Å². The Labute approximate surface area is 151 Å². The summed E-state index contributed by atoms with van der Waals surface area (Å²) in [5.41, 5.74) is 1.08. The van der Waals surface area contributed by atoms with Gasteiger partial charge in [0.1, 0.15) is 5.75 Å². The summed E-state index contributed by atoms with van der Waals surface area (Å²) in [5, 5.41) is 10.1. The first-order valence-electron chi connectivity index (χ1n) is 7.82. The van der Waals surface area contributed by atoms with Crippen molar-refractivity contribution >= 4 is 35.0 Å². The maximum absolute atomic E-state index is 12.4. The molecule has 0 atom stereocenters. The number of piperazine rings is 1. The molecule has 1 saturated heterocycles. The number of thioether (sulfide) groups is 1. The SMILES string of the molecule is O=C(CSc1ccc(Cl)cc1)N1CCN(c2ccc(O)cc2)CC1. The number of rotatable bonds is 4. The van der Waals surface area contributed by atoms with Crippen LogP contribution in [-0.4, -0.2) is 47.8 Å². The van der Waals surface area contributed by atoms with Gasteiger partial charge in [-0.15, -0.1) is 11.8 Å². The number of phenolic OH excluding ortho intramolecular Hbond substituents is 1. The predicted octanol–water partition coefficient (Wildman–Crippen LogP) is 3.49. The Morgan fingerprint density at radius 3 is 2.25 bits per heavy atom. The minimum Gasteiger partial charge on any atom is -0.508 e. The minimum atomic E-state index is 0.167. The summed E-state index contributed by atoms with van der Waals surface area (Å²) in [6.45, 7) is 3.06. The molecule has 1 aliphatic rings. The highest BCUT2D eigenvalue weighted by Gasteiger charge is 2.21. The fraction of sp³-hybridized carbons (Fsp3) is 0.278. The molecule has 0 saturated carbocycles. The van der Waals surface area contributed by atoms with Gasteiger partial charge in [0.05, 0.1) is 5.75 Å². The number of phenols is 1. The van der Waals surface area contributed by atoms with Gasteiger partial charge in [0.25, 0.3) is 0 Å². The molecule has 1 fully saturated rings. The fourth-order valence-electron chi connectivity index (χ4n) is 2.64. The summed E-state index contributed by atoms with van der Waals surface area (Å²) in [4.78, 5) is 17.6. The quantitative estimate of drug-likeness (QED) is 0.845. The van der Waals surface area contributed by atoms with Gasteiger partial charge in [-0.3, -0.25) is 4.79 Å². The molecule has 4 nitrogen and oxygen atoms in total. The molecule has 3 rings (SSSR count). The summed E-state index contributed by atoms with van der Waals surface area (Å²) < 4.78 is 0. The van der Waals surface area contributed by atoms with Gasteiger partial charge in [0.2, 0.25) is 5.91 Å². The Bertz CT molecular complexity index is 683. The van der Waals surface area contributed by atoms with Gasteiger partial charge in [0.15, 0.2) is 0 Å². The first-order valence-corrected chi connectivity index (χ1v) is 9.18. The van der Waals surface area contributed by atoms with Gasteiger partial charge < -0.3 is 14.9 Å². The van der Waals surface area contributed by atoms with E-state index in [9.17, 15) is 9.90 Å². The summed E-state index contributed by atoms with van der Waals surface area (Å²) in [7, 11) is 0. The zero-order valence-corrected chi connectivity index (χ0v) is 14.8. The van der Waals surface area contributed by atoms with Crippen LogP contribution >= 0.6 is 23.4 Å². The zero-order valence-electron chi connectivity index (χ0n) is 13.2. The highest BCUT2D eigenvalue weighted by Crippen LogP contribution is 2.22. The number of hydrogen-bond acceptors (Lipinski definition) is 4. The van der Waals surface area contributed by atoms with Crippen LogP contribution in [0.1, 0.15) is 0 Å². The molecule has 1 amide bonds. The van der Waals surface area contributed by atoms with Crippen LogP contribution in [0.4, 0.5) is 5.69 Å². The van der Waals surface area contributed by atoms with Crippen LogP contribution in [0.15, 0.2) is 53.4 Å². The normalized spacial score (nSPS) is 14.7. The van der Waals surface area contributed by atoms with Crippen LogP contribution in [0.2, 0.25) is 5.02 Å². The smallest absolute Gasteiger partial charge is 0.233 e. The lowest BCUT2D eigenvalue weighted by molar-refractivity contribution is -0.128. The van der Waals surface area contributed by atoms with E-state index in [1.165, 1.54) is 11.8 Å². The highest BCUT2D eigenvalue weighted by molar-refractivity contribution is 8.00. The number of hydrogen-bond donors (Lipinski definition) is 1. The van der Waals surface area contributed by atoms with Crippen molar-refractivity contribution in [2.75, 3.05) is 36.8 Å². The summed E-state index contributed by atoms with van der Waals surface area (Å²) in [6.07, 6.45) is 0. The van der Waals surface area contributed by atoms with E-state index in [1.54, 1.807) is 12.1 Å². The van der Waals surface area contributed by atoms with E-state index < -0.39 is 0 Å². The lowest BCUT2D eigenvalue weighted by Gasteiger charge is -2.36. The molecule has 0 aliphatic carbocycles. The highest BCUT2D eigenvalue weighted by atomic mass is 35.5. The number of nitrogens with zero attached hydrogens (tertiary/aromatic N) is 2. The molecule has 2 aromatic carbocycles. The standard InChI is InChI=1S/C18H19ClN2O2S/c19-14-1-7-17(8-2-14)24-13-18(23)21-11-9-20(10-12-21)15-3-5-16(22)6-4-15/h1-8,22H,9-13H2. The van der Waals surface area contributed by atoms with E-state index >= 15 is 0 Å². The van der Waals surface area contributed by atoms with Crippen LogP contribution in [0.3, 0.4) is 0 Å². The van der Waals surface area contributed by atoms with Crippen molar-refractivity contribution in [2.45, 2.75) is 4.90 Å². The molecule has 24 heavy (non-hydrogen) atoms. The molecule has 6 heteroatoms. The third kappa shape index (κ3) is 4.36. The van der Waals surface area contributed by atoms with E-state index in [2.05, 4.69) is 4.90 Å². The van der Waals surface area contributed by atoms with Crippen LogP contribution in [0.5, 0.6) is 5.75 Å². The topological polar surface area (TPSA) is 43.8 Å². The number of aromatic hydroxyl groups is 1. The summed E-state index contributed by atoms with van der Waals surface area (Å²) in [6, 6.07) is 14.7. The van der Waals surface area contributed by atoms with Crippen molar-refractivity contribution < 1.29 is 9.90 Å². The molecule has 0 spiro atoms.